The smallest absolute Gasteiger partial charge is 0.133 e. The maximum atomic E-state index is 12.9. The maximum absolute atomic E-state index is 12.9. The molecule has 80 valence electrons. The van der Waals surface area contributed by atoms with Crippen molar-refractivity contribution in [1.29, 1.82) is 5.26 Å². The molecule has 1 rings (SSSR count). The van der Waals surface area contributed by atoms with E-state index in [2.05, 4.69) is 0 Å². The van der Waals surface area contributed by atoms with E-state index >= 15 is 0 Å². The van der Waals surface area contributed by atoms with Gasteiger partial charge in [-0.25, -0.2) is 4.39 Å². The molecule has 0 saturated heterocycles. The minimum absolute atomic E-state index is 0.251. The van der Waals surface area contributed by atoms with Gasteiger partial charge in [-0.1, -0.05) is 0 Å². The van der Waals surface area contributed by atoms with Gasteiger partial charge in [0.05, 0.1) is 7.11 Å². The molecule has 4 heteroatoms. The van der Waals surface area contributed by atoms with E-state index in [-0.39, 0.29) is 5.82 Å². The molecule has 0 unspecified atom stereocenters. The van der Waals surface area contributed by atoms with E-state index in [0.717, 1.165) is 24.2 Å². The molecule has 0 fully saturated rings. The van der Waals surface area contributed by atoms with E-state index in [1.807, 2.05) is 5.40 Å². The number of thioether (sulfide) groups is 1. The number of nitrogens with zero attached hydrogens (tertiary/aromatic N) is 1. The van der Waals surface area contributed by atoms with E-state index in [0.29, 0.717) is 5.75 Å². The fraction of sp³-hybridized carbons (Fsp3) is 0.364. The Morgan fingerprint density at radius 2 is 2.33 bits per heavy atom. The zero-order chi connectivity index (χ0) is 11.1. The number of aryl methyl sites for hydroxylation is 1. The highest BCUT2D eigenvalue weighted by Gasteiger charge is 2.04. The van der Waals surface area contributed by atoms with Crippen molar-refractivity contribution in [2.24, 2.45) is 0 Å². The zero-order valence-corrected chi connectivity index (χ0v) is 9.31. The average molecular weight is 225 g/mol. The first kappa shape index (κ1) is 11.9. The quantitative estimate of drug-likeness (QED) is 0.570. The van der Waals surface area contributed by atoms with Crippen LogP contribution >= 0.6 is 11.8 Å². The topological polar surface area (TPSA) is 33.0 Å². The predicted molar refractivity (Wildman–Crippen MR) is 59.3 cm³/mol. The van der Waals surface area contributed by atoms with Crippen molar-refractivity contribution in [3.05, 3.63) is 29.6 Å². The summed E-state index contributed by atoms with van der Waals surface area (Å²) in [4.78, 5) is 0. The highest BCUT2D eigenvalue weighted by molar-refractivity contribution is 8.03. The summed E-state index contributed by atoms with van der Waals surface area (Å²) in [5.74, 6) is 1.22. The van der Waals surface area contributed by atoms with Gasteiger partial charge in [0.25, 0.3) is 0 Å². The molecular formula is C11H12FNOS. The minimum atomic E-state index is -0.251. The van der Waals surface area contributed by atoms with Gasteiger partial charge in [-0.2, -0.15) is 5.26 Å². The fourth-order valence-corrected chi connectivity index (χ4v) is 1.70. The SMILES string of the molecule is COc1ccc(F)cc1CCCSC#N. The van der Waals surface area contributed by atoms with Crippen molar-refractivity contribution < 1.29 is 9.13 Å². The third-order valence-electron chi connectivity index (χ3n) is 2.00. The molecule has 0 aliphatic heterocycles. The van der Waals surface area contributed by atoms with E-state index < -0.39 is 0 Å². The van der Waals surface area contributed by atoms with Crippen molar-refractivity contribution in [2.45, 2.75) is 12.8 Å². The molecule has 0 heterocycles. The molecule has 0 amide bonds. The van der Waals surface area contributed by atoms with Crippen molar-refractivity contribution in [3.8, 4) is 11.2 Å². The number of thiocyanates is 1. The van der Waals surface area contributed by atoms with E-state index in [4.69, 9.17) is 10.00 Å². The zero-order valence-electron chi connectivity index (χ0n) is 8.50. The number of benzene rings is 1. The van der Waals surface area contributed by atoms with Gasteiger partial charge in [-0.15, -0.1) is 0 Å². The molecule has 0 aromatic heterocycles. The summed E-state index contributed by atoms with van der Waals surface area (Å²) in [7, 11) is 1.57. The summed E-state index contributed by atoms with van der Waals surface area (Å²) in [6, 6.07) is 4.49. The van der Waals surface area contributed by atoms with Gasteiger partial charge in [-0.3, -0.25) is 0 Å². The van der Waals surface area contributed by atoms with Crippen LogP contribution in [0.2, 0.25) is 0 Å². The Kier molecular flexibility index (Phi) is 4.99. The van der Waals surface area contributed by atoms with Gasteiger partial charge < -0.3 is 4.74 Å². The van der Waals surface area contributed by atoms with Gasteiger partial charge in [0.2, 0.25) is 0 Å². The molecule has 0 atom stereocenters. The molecular weight excluding hydrogens is 213 g/mol. The van der Waals surface area contributed by atoms with Crippen LogP contribution in [-0.2, 0) is 6.42 Å². The van der Waals surface area contributed by atoms with E-state index in [9.17, 15) is 4.39 Å². The van der Waals surface area contributed by atoms with Crippen LogP contribution in [0.5, 0.6) is 5.75 Å². The van der Waals surface area contributed by atoms with Crippen molar-refractivity contribution >= 4 is 11.8 Å². The molecule has 0 bridgehead atoms. The Morgan fingerprint density at radius 1 is 1.53 bits per heavy atom. The first-order valence-electron chi connectivity index (χ1n) is 4.61. The van der Waals surface area contributed by atoms with Crippen molar-refractivity contribution in [3.63, 3.8) is 0 Å². The van der Waals surface area contributed by atoms with Gasteiger partial charge in [0, 0.05) is 5.75 Å². The van der Waals surface area contributed by atoms with Gasteiger partial charge in [0.15, 0.2) is 0 Å². The summed E-state index contributed by atoms with van der Waals surface area (Å²) in [5.41, 5.74) is 0.857. The predicted octanol–water partition coefficient (Wildman–Crippen LogP) is 2.98. The second-order valence-electron chi connectivity index (χ2n) is 3.00. The molecule has 0 aliphatic rings. The van der Waals surface area contributed by atoms with Crippen LogP contribution < -0.4 is 4.74 Å². The number of hydrogen-bond donors (Lipinski definition) is 0. The number of methoxy groups -OCH3 is 1. The molecule has 1 aromatic rings. The van der Waals surface area contributed by atoms with E-state index in [1.54, 1.807) is 13.2 Å². The second kappa shape index (κ2) is 6.31. The molecule has 0 saturated carbocycles. The van der Waals surface area contributed by atoms with Gasteiger partial charge in [0.1, 0.15) is 17.0 Å². The van der Waals surface area contributed by atoms with Crippen LogP contribution in [0.1, 0.15) is 12.0 Å². The van der Waals surface area contributed by atoms with Gasteiger partial charge >= 0.3 is 0 Å². The lowest BCUT2D eigenvalue weighted by Gasteiger charge is -2.07. The Balaban J connectivity index is 2.58. The van der Waals surface area contributed by atoms with Crippen molar-refractivity contribution in [1.82, 2.24) is 0 Å². The number of rotatable bonds is 5. The summed E-state index contributed by atoms with van der Waals surface area (Å²) in [6.07, 6.45) is 1.58. The largest absolute Gasteiger partial charge is 0.496 e. The monoisotopic (exact) mass is 225 g/mol. The number of hydrogen-bond acceptors (Lipinski definition) is 3. The third kappa shape index (κ3) is 3.80. The summed E-state index contributed by atoms with van der Waals surface area (Å²) >= 11 is 1.22. The molecule has 0 spiro atoms. The lowest BCUT2D eigenvalue weighted by molar-refractivity contribution is 0.408. The first-order chi connectivity index (χ1) is 7.27. The Bertz CT molecular complexity index is 362. The second-order valence-corrected chi connectivity index (χ2v) is 3.88. The normalized spacial score (nSPS) is 9.67. The van der Waals surface area contributed by atoms with Crippen LogP contribution in [0.25, 0.3) is 0 Å². The van der Waals surface area contributed by atoms with Crippen LogP contribution in [0.4, 0.5) is 4.39 Å². The maximum Gasteiger partial charge on any atom is 0.133 e. The van der Waals surface area contributed by atoms with Crippen LogP contribution in [-0.4, -0.2) is 12.9 Å². The van der Waals surface area contributed by atoms with Crippen LogP contribution in [0, 0.1) is 16.5 Å². The summed E-state index contributed by atoms with van der Waals surface area (Å²) < 4.78 is 18.1. The highest BCUT2D eigenvalue weighted by atomic mass is 32.2. The van der Waals surface area contributed by atoms with E-state index in [1.165, 1.54) is 23.9 Å². The number of ether oxygens (including phenoxy) is 1. The number of nitriles is 1. The standard InChI is InChI=1S/C11H12FNOS/c1-14-11-5-4-10(12)7-9(11)3-2-6-15-8-13/h4-5,7H,2-3,6H2,1H3. The Labute approximate surface area is 93.1 Å². The first-order valence-corrected chi connectivity index (χ1v) is 5.59. The van der Waals surface area contributed by atoms with Crippen LogP contribution in [0.3, 0.4) is 0 Å². The Hall–Kier alpha value is -1.21. The molecule has 0 N–H and O–H groups in total. The number of halogens is 1. The third-order valence-corrected chi connectivity index (χ3v) is 2.62. The Morgan fingerprint density at radius 3 is 3.00 bits per heavy atom. The average Bonchev–Trinajstić information content (AvgIpc) is 2.25. The minimum Gasteiger partial charge on any atom is -0.496 e. The molecule has 0 aliphatic carbocycles. The summed E-state index contributed by atoms with van der Waals surface area (Å²) in [5, 5.41) is 10.3. The fourth-order valence-electron chi connectivity index (χ4n) is 1.32. The van der Waals surface area contributed by atoms with Crippen LogP contribution in [0.15, 0.2) is 18.2 Å². The molecule has 0 radical (unpaired) electrons. The molecule has 15 heavy (non-hydrogen) atoms. The summed E-state index contributed by atoms with van der Waals surface area (Å²) in [6.45, 7) is 0. The highest BCUT2D eigenvalue weighted by Crippen LogP contribution is 2.21. The van der Waals surface area contributed by atoms with Crippen molar-refractivity contribution in [2.75, 3.05) is 12.9 Å². The molecule has 1 aromatic carbocycles. The van der Waals surface area contributed by atoms with Gasteiger partial charge in [-0.05, 0) is 48.4 Å². The lowest BCUT2D eigenvalue weighted by atomic mass is 10.1. The lowest BCUT2D eigenvalue weighted by Crippen LogP contribution is -1.94. The molecule has 2 nitrogen and oxygen atoms in total.